The van der Waals surface area contributed by atoms with Gasteiger partial charge >= 0.3 is 5.97 Å². The minimum atomic E-state index is -0.925. The number of carboxylic acids is 1. The van der Waals surface area contributed by atoms with Crippen LogP contribution < -0.4 is 0 Å². The van der Waals surface area contributed by atoms with Gasteiger partial charge in [0.1, 0.15) is 0 Å². The molecule has 1 atom stereocenters. The summed E-state index contributed by atoms with van der Waals surface area (Å²) in [4.78, 5) is 25.5. The average Bonchev–Trinajstić information content (AvgIpc) is 2.84. The van der Waals surface area contributed by atoms with Crippen molar-refractivity contribution >= 4 is 22.8 Å². The minimum absolute atomic E-state index is 0.101. The molecule has 1 saturated heterocycles. The van der Waals surface area contributed by atoms with E-state index in [1.54, 1.807) is 11.1 Å². The molecule has 3 rings (SSSR count). The predicted molar refractivity (Wildman–Crippen MR) is 80.8 cm³/mol. The van der Waals surface area contributed by atoms with Crippen LogP contribution in [-0.4, -0.2) is 52.3 Å². The van der Waals surface area contributed by atoms with Gasteiger partial charge in [-0.25, -0.2) is 0 Å². The quantitative estimate of drug-likeness (QED) is 0.932. The molecule has 2 heterocycles. The zero-order chi connectivity index (χ0) is 15.7. The lowest BCUT2D eigenvalue weighted by atomic mass is 10.1. The van der Waals surface area contributed by atoms with Crippen molar-refractivity contribution in [3.8, 4) is 0 Å². The molecule has 0 aliphatic carbocycles. The van der Waals surface area contributed by atoms with Crippen LogP contribution >= 0.6 is 0 Å². The molecule has 1 aliphatic rings. The van der Waals surface area contributed by atoms with Crippen molar-refractivity contribution in [3.05, 3.63) is 36.0 Å². The molecule has 6 nitrogen and oxygen atoms in total. The van der Waals surface area contributed by atoms with Crippen molar-refractivity contribution in [3.63, 3.8) is 0 Å². The molecule has 1 aromatic heterocycles. The van der Waals surface area contributed by atoms with Gasteiger partial charge in [-0.1, -0.05) is 18.2 Å². The molecule has 1 amide bonds. The van der Waals surface area contributed by atoms with Crippen molar-refractivity contribution in [2.45, 2.75) is 12.5 Å². The summed E-state index contributed by atoms with van der Waals surface area (Å²) in [6.45, 7) is 1.12. The van der Waals surface area contributed by atoms with Gasteiger partial charge in [-0.05, 0) is 6.07 Å². The van der Waals surface area contributed by atoms with Gasteiger partial charge in [-0.2, -0.15) is 0 Å². The van der Waals surface area contributed by atoms with Crippen molar-refractivity contribution in [1.29, 1.82) is 0 Å². The topological polar surface area (TPSA) is 71.8 Å². The summed E-state index contributed by atoms with van der Waals surface area (Å²) in [7, 11) is 1.90. The van der Waals surface area contributed by atoms with Crippen LogP contribution in [0.3, 0.4) is 0 Å². The maximum absolute atomic E-state index is 12.9. The predicted octanol–water partition coefficient (Wildman–Crippen LogP) is 1.49. The number of rotatable bonds is 3. The highest BCUT2D eigenvalue weighted by Crippen LogP contribution is 2.24. The zero-order valence-corrected chi connectivity index (χ0v) is 12.4. The molecule has 22 heavy (non-hydrogen) atoms. The van der Waals surface area contributed by atoms with E-state index in [9.17, 15) is 9.59 Å². The number of hydrogen-bond donors (Lipinski definition) is 1. The Balaban J connectivity index is 1.95. The van der Waals surface area contributed by atoms with Crippen LogP contribution in [0.1, 0.15) is 16.8 Å². The molecule has 0 saturated carbocycles. The van der Waals surface area contributed by atoms with Gasteiger partial charge < -0.3 is 19.3 Å². The third-order valence-electron chi connectivity index (χ3n) is 4.03. The van der Waals surface area contributed by atoms with E-state index >= 15 is 0 Å². The lowest BCUT2D eigenvalue weighted by molar-refractivity contribution is -0.139. The summed E-state index contributed by atoms with van der Waals surface area (Å²) < 4.78 is 7.24. The molecule has 2 aromatic rings. The van der Waals surface area contributed by atoms with Gasteiger partial charge in [0.2, 0.25) is 0 Å². The fourth-order valence-electron chi connectivity index (χ4n) is 2.96. The largest absolute Gasteiger partial charge is 0.481 e. The standard InChI is InChI=1S/C16H18N2O4/c1-17-9-13(12-4-2-3-5-14(12)17)16(21)18-6-7-22-10-11(18)8-15(19)20/h2-5,9,11H,6-8,10H2,1H3,(H,19,20). The molecule has 0 bridgehead atoms. The zero-order valence-electron chi connectivity index (χ0n) is 12.4. The maximum atomic E-state index is 12.9. The van der Waals surface area contributed by atoms with Crippen LogP contribution in [0, 0.1) is 0 Å². The number of benzene rings is 1. The Morgan fingerprint density at radius 2 is 2.14 bits per heavy atom. The van der Waals surface area contributed by atoms with Crippen molar-refractivity contribution in [2.24, 2.45) is 7.05 Å². The monoisotopic (exact) mass is 302 g/mol. The molecule has 1 aromatic carbocycles. The van der Waals surface area contributed by atoms with E-state index in [0.717, 1.165) is 10.9 Å². The normalized spacial score (nSPS) is 18.6. The van der Waals surface area contributed by atoms with Gasteiger partial charge in [0.05, 0.1) is 31.2 Å². The summed E-state index contributed by atoms with van der Waals surface area (Å²) in [6.07, 6.45) is 1.71. The molecule has 1 aliphatic heterocycles. The Morgan fingerprint density at radius 3 is 2.91 bits per heavy atom. The van der Waals surface area contributed by atoms with E-state index in [1.807, 2.05) is 35.9 Å². The Labute approximate surface area is 127 Å². The number of aromatic nitrogens is 1. The first kappa shape index (κ1) is 14.6. The number of aryl methyl sites for hydroxylation is 1. The number of carbonyl (C=O) groups is 2. The van der Waals surface area contributed by atoms with Gasteiger partial charge in [-0.3, -0.25) is 9.59 Å². The summed E-state index contributed by atoms with van der Waals surface area (Å²) >= 11 is 0. The first-order valence-corrected chi connectivity index (χ1v) is 7.22. The second-order valence-electron chi connectivity index (χ2n) is 5.50. The first-order chi connectivity index (χ1) is 10.6. The maximum Gasteiger partial charge on any atom is 0.305 e. The van der Waals surface area contributed by atoms with Gasteiger partial charge in [0.15, 0.2) is 0 Å². The molecule has 0 radical (unpaired) electrons. The third-order valence-corrected chi connectivity index (χ3v) is 4.03. The van der Waals surface area contributed by atoms with E-state index in [2.05, 4.69) is 0 Å². The van der Waals surface area contributed by atoms with E-state index < -0.39 is 12.0 Å². The highest BCUT2D eigenvalue weighted by atomic mass is 16.5. The lowest BCUT2D eigenvalue weighted by Crippen LogP contribution is -2.49. The molecule has 116 valence electrons. The molecule has 1 N–H and O–H groups in total. The van der Waals surface area contributed by atoms with Gasteiger partial charge in [-0.15, -0.1) is 0 Å². The number of aliphatic carboxylic acids is 1. The molecule has 1 fully saturated rings. The number of hydrogen-bond acceptors (Lipinski definition) is 3. The van der Waals surface area contributed by atoms with Gasteiger partial charge in [0, 0.05) is 30.7 Å². The summed E-state index contributed by atoms with van der Waals surface area (Å²) in [6, 6.07) is 7.28. The number of carbonyl (C=O) groups excluding carboxylic acids is 1. The van der Waals surface area contributed by atoms with Crippen molar-refractivity contribution in [1.82, 2.24) is 9.47 Å². The number of para-hydroxylation sites is 1. The van der Waals surface area contributed by atoms with Crippen LogP contribution in [0.4, 0.5) is 0 Å². The van der Waals surface area contributed by atoms with Crippen LogP contribution in [-0.2, 0) is 16.6 Å². The second kappa shape index (κ2) is 5.81. The van der Waals surface area contributed by atoms with Crippen molar-refractivity contribution in [2.75, 3.05) is 19.8 Å². The molecule has 0 spiro atoms. The smallest absolute Gasteiger partial charge is 0.305 e. The summed E-state index contributed by atoms with van der Waals surface area (Å²) in [5.41, 5.74) is 1.59. The number of nitrogens with zero attached hydrogens (tertiary/aromatic N) is 2. The van der Waals surface area contributed by atoms with E-state index in [0.29, 0.717) is 18.7 Å². The number of ether oxygens (including phenoxy) is 1. The van der Waals surface area contributed by atoms with Crippen molar-refractivity contribution < 1.29 is 19.4 Å². The van der Waals surface area contributed by atoms with E-state index in [-0.39, 0.29) is 18.9 Å². The van der Waals surface area contributed by atoms with Crippen LogP contribution in [0.2, 0.25) is 0 Å². The molecular formula is C16H18N2O4. The van der Waals surface area contributed by atoms with Crippen LogP contribution in [0.5, 0.6) is 0 Å². The van der Waals surface area contributed by atoms with Crippen LogP contribution in [0.15, 0.2) is 30.5 Å². The third kappa shape index (κ3) is 2.57. The fourth-order valence-corrected chi connectivity index (χ4v) is 2.96. The highest BCUT2D eigenvalue weighted by Gasteiger charge is 2.31. The van der Waals surface area contributed by atoms with E-state index in [4.69, 9.17) is 9.84 Å². The average molecular weight is 302 g/mol. The number of amides is 1. The fraction of sp³-hybridized carbons (Fsp3) is 0.375. The number of morpholine rings is 1. The molecule has 6 heteroatoms. The summed E-state index contributed by atoms with van der Waals surface area (Å²) in [5.74, 6) is -1.06. The number of fused-ring (bicyclic) bond motifs is 1. The molecular weight excluding hydrogens is 284 g/mol. The lowest BCUT2D eigenvalue weighted by Gasteiger charge is -2.34. The Hall–Kier alpha value is -2.34. The van der Waals surface area contributed by atoms with E-state index in [1.165, 1.54) is 0 Å². The second-order valence-corrected chi connectivity index (χ2v) is 5.50. The van der Waals surface area contributed by atoms with Crippen LogP contribution in [0.25, 0.3) is 10.9 Å². The van der Waals surface area contributed by atoms with Gasteiger partial charge in [0.25, 0.3) is 5.91 Å². The Morgan fingerprint density at radius 1 is 1.36 bits per heavy atom. The number of carboxylic acid groups (broad SMARTS) is 1. The Kier molecular flexibility index (Phi) is 3.85. The highest BCUT2D eigenvalue weighted by molar-refractivity contribution is 6.07. The minimum Gasteiger partial charge on any atom is -0.481 e. The Bertz CT molecular complexity index is 722. The SMILES string of the molecule is Cn1cc(C(=O)N2CCOCC2CC(=O)O)c2ccccc21. The first-order valence-electron chi connectivity index (χ1n) is 7.22. The summed E-state index contributed by atoms with van der Waals surface area (Å²) in [5, 5.41) is 9.90. The molecule has 1 unspecified atom stereocenters.